The number of hydrogen-bond acceptors (Lipinski definition) is 3. The molecule has 0 saturated carbocycles. The zero-order valence-electron chi connectivity index (χ0n) is 16.4. The molecule has 2 aliphatic heterocycles. The van der Waals surface area contributed by atoms with Crippen LogP contribution in [0.3, 0.4) is 0 Å². The maximum absolute atomic E-state index is 13.5. The highest BCUT2D eigenvalue weighted by molar-refractivity contribution is 6.04. The molecule has 1 N–H and O–H groups in total. The summed E-state index contributed by atoms with van der Waals surface area (Å²) in [4.78, 5) is 40.3. The minimum atomic E-state index is -0.507. The molecule has 0 bridgehead atoms. The molecule has 2 aromatic rings. The summed E-state index contributed by atoms with van der Waals surface area (Å²) in [7, 11) is 0. The van der Waals surface area contributed by atoms with Crippen molar-refractivity contribution in [2.75, 3.05) is 28.2 Å². The SMILES string of the molecule is CC(=O)N1CCc2cc(N3C[C@@H](C(=O)Nc4cc(F)ccc4C)CC3=O)ccc21. The van der Waals surface area contributed by atoms with E-state index in [0.29, 0.717) is 12.2 Å². The van der Waals surface area contributed by atoms with Gasteiger partial charge >= 0.3 is 0 Å². The van der Waals surface area contributed by atoms with Crippen LogP contribution in [0.5, 0.6) is 0 Å². The predicted molar refractivity (Wildman–Crippen MR) is 108 cm³/mol. The first-order valence-electron chi connectivity index (χ1n) is 9.62. The molecular formula is C22H22FN3O3. The number of fused-ring (bicyclic) bond motifs is 1. The molecule has 0 unspecified atom stereocenters. The topological polar surface area (TPSA) is 69.7 Å². The number of halogens is 1. The first-order chi connectivity index (χ1) is 13.8. The van der Waals surface area contributed by atoms with Crippen molar-refractivity contribution >= 4 is 34.8 Å². The monoisotopic (exact) mass is 395 g/mol. The van der Waals surface area contributed by atoms with Crippen LogP contribution in [0, 0.1) is 18.7 Å². The first kappa shape index (κ1) is 19.1. The minimum Gasteiger partial charge on any atom is -0.325 e. The third kappa shape index (κ3) is 3.60. The molecule has 29 heavy (non-hydrogen) atoms. The lowest BCUT2D eigenvalue weighted by molar-refractivity contribution is -0.122. The van der Waals surface area contributed by atoms with E-state index >= 15 is 0 Å². The Balaban J connectivity index is 1.49. The van der Waals surface area contributed by atoms with Gasteiger partial charge in [-0.15, -0.1) is 0 Å². The Morgan fingerprint density at radius 2 is 1.97 bits per heavy atom. The summed E-state index contributed by atoms with van der Waals surface area (Å²) < 4.78 is 13.5. The van der Waals surface area contributed by atoms with Crippen LogP contribution in [-0.4, -0.2) is 30.8 Å². The number of amides is 3. The quantitative estimate of drug-likeness (QED) is 0.869. The fourth-order valence-electron chi connectivity index (χ4n) is 3.98. The second-order valence-electron chi connectivity index (χ2n) is 7.59. The van der Waals surface area contributed by atoms with Crippen LogP contribution in [-0.2, 0) is 20.8 Å². The molecule has 4 rings (SSSR count). The molecule has 6 nitrogen and oxygen atoms in total. The fourth-order valence-corrected chi connectivity index (χ4v) is 3.98. The van der Waals surface area contributed by atoms with Crippen molar-refractivity contribution in [3.8, 4) is 0 Å². The standard InChI is InChI=1S/C22H22FN3O3/c1-13-3-4-17(23)11-19(13)24-22(29)16-10-21(28)26(12-16)18-5-6-20-15(9-18)7-8-25(20)14(2)27/h3-6,9,11,16H,7-8,10,12H2,1-2H3,(H,24,29)/t16-/m0/s1. The number of nitrogens with one attached hydrogen (secondary N) is 1. The Morgan fingerprint density at radius 1 is 1.17 bits per heavy atom. The summed E-state index contributed by atoms with van der Waals surface area (Å²) >= 11 is 0. The van der Waals surface area contributed by atoms with E-state index in [1.54, 1.807) is 22.8 Å². The number of carbonyl (C=O) groups excluding carboxylic acids is 3. The van der Waals surface area contributed by atoms with Gasteiger partial charge in [0.2, 0.25) is 17.7 Å². The lowest BCUT2D eigenvalue weighted by Gasteiger charge is -2.19. The van der Waals surface area contributed by atoms with E-state index in [4.69, 9.17) is 0 Å². The molecule has 150 valence electrons. The Hall–Kier alpha value is -3.22. The highest BCUT2D eigenvalue weighted by Crippen LogP contribution is 2.34. The van der Waals surface area contributed by atoms with Gasteiger partial charge in [0, 0.05) is 43.5 Å². The van der Waals surface area contributed by atoms with E-state index in [9.17, 15) is 18.8 Å². The maximum atomic E-state index is 13.5. The summed E-state index contributed by atoms with van der Waals surface area (Å²) in [6.07, 6.45) is 0.852. The number of aryl methyl sites for hydroxylation is 1. The average Bonchev–Trinajstić information content (AvgIpc) is 3.27. The van der Waals surface area contributed by atoms with Gasteiger partial charge in [0.15, 0.2) is 0 Å². The zero-order chi connectivity index (χ0) is 20.7. The molecule has 1 fully saturated rings. The van der Waals surface area contributed by atoms with Crippen molar-refractivity contribution in [1.82, 2.24) is 0 Å². The van der Waals surface area contributed by atoms with E-state index in [0.717, 1.165) is 28.9 Å². The fraction of sp³-hybridized carbons (Fsp3) is 0.318. The van der Waals surface area contributed by atoms with Gasteiger partial charge < -0.3 is 15.1 Å². The molecule has 2 aliphatic rings. The van der Waals surface area contributed by atoms with Crippen molar-refractivity contribution in [1.29, 1.82) is 0 Å². The average molecular weight is 395 g/mol. The zero-order valence-corrected chi connectivity index (χ0v) is 16.4. The van der Waals surface area contributed by atoms with Crippen molar-refractivity contribution in [3.63, 3.8) is 0 Å². The molecular weight excluding hydrogens is 373 g/mol. The normalized spacial score (nSPS) is 18.2. The van der Waals surface area contributed by atoms with Crippen LogP contribution in [0.4, 0.5) is 21.5 Å². The number of rotatable bonds is 3. The molecule has 1 atom stereocenters. The van der Waals surface area contributed by atoms with Crippen LogP contribution >= 0.6 is 0 Å². The summed E-state index contributed by atoms with van der Waals surface area (Å²) in [5.41, 5.74) is 3.81. The molecule has 1 saturated heterocycles. The maximum Gasteiger partial charge on any atom is 0.229 e. The second-order valence-corrected chi connectivity index (χ2v) is 7.59. The van der Waals surface area contributed by atoms with Gasteiger partial charge in [-0.3, -0.25) is 14.4 Å². The molecule has 2 aromatic carbocycles. The summed E-state index contributed by atoms with van der Waals surface area (Å²) in [6, 6.07) is 9.82. The summed E-state index contributed by atoms with van der Waals surface area (Å²) in [5.74, 6) is -1.35. The largest absolute Gasteiger partial charge is 0.325 e. The molecule has 2 heterocycles. The Morgan fingerprint density at radius 3 is 2.72 bits per heavy atom. The highest BCUT2D eigenvalue weighted by Gasteiger charge is 2.36. The van der Waals surface area contributed by atoms with E-state index < -0.39 is 11.7 Å². The summed E-state index contributed by atoms with van der Waals surface area (Å²) in [5, 5.41) is 2.74. The summed E-state index contributed by atoms with van der Waals surface area (Å²) in [6.45, 7) is 4.24. The van der Waals surface area contributed by atoms with Gasteiger partial charge in [-0.25, -0.2) is 4.39 Å². The van der Waals surface area contributed by atoms with Crippen LogP contribution in [0.1, 0.15) is 24.5 Å². The smallest absolute Gasteiger partial charge is 0.229 e. The van der Waals surface area contributed by atoms with Gasteiger partial charge in [-0.1, -0.05) is 6.07 Å². The van der Waals surface area contributed by atoms with Gasteiger partial charge in [0.05, 0.1) is 5.92 Å². The van der Waals surface area contributed by atoms with Crippen LogP contribution in [0.15, 0.2) is 36.4 Å². The first-order valence-corrected chi connectivity index (χ1v) is 9.62. The van der Waals surface area contributed by atoms with Crippen molar-refractivity contribution in [3.05, 3.63) is 53.3 Å². The van der Waals surface area contributed by atoms with Crippen molar-refractivity contribution in [2.45, 2.75) is 26.7 Å². The minimum absolute atomic E-state index is 0.00174. The Bertz CT molecular complexity index is 1020. The number of anilines is 3. The van der Waals surface area contributed by atoms with E-state index in [2.05, 4.69) is 5.32 Å². The third-order valence-electron chi connectivity index (χ3n) is 5.60. The molecule has 0 aromatic heterocycles. The number of nitrogens with zero attached hydrogens (tertiary/aromatic N) is 2. The third-order valence-corrected chi connectivity index (χ3v) is 5.60. The molecule has 0 radical (unpaired) electrons. The lowest BCUT2D eigenvalue weighted by atomic mass is 10.1. The number of benzene rings is 2. The Kier molecular flexibility index (Phi) is 4.82. The van der Waals surface area contributed by atoms with Crippen LogP contribution < -0.4 is 15.1 Å². The van der Waals surface area contributed by atoms with Gasteiger partial charge in [-0.2, -0.15) is 0 Å². The number of hydrogen-bond donors (Lipinski definition) is 1. The Labute approximate surface area is 168 Å². The van der Waals surface area contributed by atoms with Crippen molar-refractivity contribution in [2.24, 2.45) is 5.92 Å². The molecule has 0 aliphatic carbocycles. The van der Waals surface area contributed by atoms with E-state index in [-0.39, 0.29) is 30.7 Å². The van der Waals surface area contributed by atoms with E-state index in [1.165, 1.54) is 19.1 Å². The van der Waals surface area contributed by atoms with Gasteiger partial charge in [0.1, 0.15) is 5.82 Å². The highest BCUT2D eigenvalue weighted by atomic mass is 19.1. The molecule has 7 heteroatoms. The van der Waals surface area contributed by atoms with Crippen molar-refractivity contribution < 1.29 is 18.8 Å². The predicted octanol–water partition coefficient (Wildman–Crippen LogP) is 3.03. The molecule has 0 spiro atoms. The second kappa shape index (κ2) is 7.31. The lowest BCUT2D eigenvalue weighted by Crippen LogP contribution is -2.28. The van der Waals surface area contributed by atoms with Crippen LogP contribution in [0.25, 0.3) is 0 Å². The molecule has 3 amide bonds. The van der Waals surface area contributed by atoms with Gasteiger partial charge in [0.25, 0.3) is 0 Å². The number of carbonyl (C=O) groups is 3. The van der Waals surface area contributed by atoms with Crippen LogP contribution in [0.2, 0.25) is 0 Å². The van der Waals surface area contributed by atoms with E-state index in [1.807, 2.05) is 18.2 Å². The van der Waals surface area contributed by atoms with Gasteiger partial charge in [-0.05, 0) is 54.8 Å².